The summed E-state index contributed by atoms with van der Waals surface area (Å²) in [5, 5.41) is 8.89. The number of anilines is 1. The quantitative estimate of drug-likeness (QED) is 0.187. The Bertz CT molecular complexity index is 613. The fraction of sp³-hybridized carbons (Fsp3) is 0.667. The van der Waals surface area contributed by atoms with Crippen molar-refractivity contribution in [1.29, 1.82) is 0 Å². The van der Waals surface area contributed by atoms with E-state index >= 15 is 0 Å². The molecule has 0 amide bonds. The largest absolute Gasteiger partial charge is 0.419 e. The first-order valence-corrected chi connectivity index (χ1v) is 9.37. The van der Waals surface area contributed by atoms with Crippen LogP contribution in [0.1, 0.15) is 18.4 Å². The number of ether oxygens (including phenoxy) is 2. The van der Waals surface area contributed by atoms with Crippen LogP contribution in [-0.4, -0.2) is 64.1 Å². The van der Waals surface area contributed by atoms with E-state index in [-0.39, 0.29) is 36.3 Å². The molecule has 0 spiro atoms. The van der Waals surface area contributed by atoms with Crippen LogP contribution in [0.15, 0.2) is 23.3 Å². The summed E-state index contributed by atoms with van der Waals surface area (Å²) < 4.78 is 49.7. The van der Waals surface area contributed by atoms with Crippen molar-refractivity contribution < 1.29 is 22.6 Å². The van der Waals surface area contributed by atoms with Crippen molar-refractivity contribution in [3.63, 3.8) is 0 Å². The van der Waals surface area contributed by atoms with Crippen LogP contribution in [0, 0.1) is 5.92 Å². The predicted octanol–water partition coefficient (Wildman–Crippen LogP) is 2.74. The number of aliphatic imine (C=N–C) groups is 1. The number of rotatable bonds is 10. The minimum atomic E-state index is -4.44. The van der Waals surface area contributed by atoms with E-state index in [1.807, 2.05) is 0 Å². The standard InChI is InChI=1S/C18H28F3N5O2.HI/c1-22-17(25-7-3-10-27-12-14-5-11-28-13-14)26-9-8-24-16-15(18(19,20)21)4-2-6-23-16;/h2,4,6,14H,3,5,7-13H2,1H3,(H,23,24)(H2,22,25,26);1H. The molecular weight excluding hydrogens is 502 g/mol. The van der Waals surface area contributed by atoms with Crippen LogP contribution in [-0.2, 0) is 15.7 Å². The van der Waals surface area contributed by atoms with Crippen molar-refractivity contribution in [1.82, 2.24) is 15.6 Å². The van der Waals surface area contributed by atoms with E-state index in [9.17, 15) is 13.2 Å². The van der Waals surface area contributed by atoms with Crippen LogP contribution in [0.2, 0.25) is 0 Å². The second-order valence-electron chi connectivity index (χ2n) is 6.41. The molecule has 1 aromatic heterocycles. The molecule has 1 aromatic rings. The topological polar surface area (TPSA) is 79.8 Å². The molecule has 2 rings (SSSR count). The lowest BCUT2D eigenvalue weighted by Gasteiger charge is -2.15. The summed E-state index contributed by atoms with van der Waals surface area (Å²) in [4.78, 5) is 7.85. The first-order chi connectivity index (χ1) is 13.5. The van der Waals surface area contributed by atoms with Crippen molar-refractivity contribution in [3.8, 4) is 0 Å². The first kappa shape index (κ1) is 25.7. The monoisotopic (exact) mass is 531 g/mol. The van der Waals surface area contributed by atoms with Gasteiger partial charge in [-0.15, -0.1) is 24.0 Å². The molecule has 1 atom stereocenters. The van der Waals surface area contributed by atoms with Crippen molar-refractivity contribution in [2.45, 2.75) is 19.0 Å². The number of hydrogen-bond donors (Lipinski definition) is 3. The third-order valence-electron chi connectivity index (χ3n) is 4.18. The van der Waals surface area contributed by atoms with Gasteiger partial charge in [-0.25, -0.2) is 4.98 Å². The predicted molar refractivity (Wildman–Crippen MR) is 117 cm³/mol. The highest BCUT2D eigenvalue weighted by Crippen LogP contribution is 2.33. The number of nitrogens with one attached hydrogen (secondary N) is 3. The van der Waals surface area contributed by atoms with Gasteiger partial charge in [0, 0.05) is 52.0 Å². The van der Waals surface area contributed by atoms with Crippen LogP contribution in [0.5, 0.6) is 0 Å². The molecule has 1 aliphatic rings. The number of pyridine rings is 1. The fourth-order valence-corrected chi connectivity index (χ4v) is 2.70. The molecule has 2 heterocycles. The lowest BCUT2D eigenvalue weighted by molar-refractivity contribution is -0.137. The Balaban J connectivity index is 0.00000420. The van der Waals surface area contributed by atoms with Gasteiger partial charge in [-0.05, 0) is 25.0 Å². The maximum Gasteiger partial charge on any atom is 0.419 e. The van der Waals surface area contributed by atoms with Gasteiger partial charge in [-0.3, -0.25) is 4.99 Å². The Kier molecular flexibility index (Phi) is 12.2. The number of halogens is 4. The second-order valence-corrected chi connectivity index (χ2v) is 6.41. The number of hydrogen-bond acceptors (Lipinski definition) is 5. The number of alkyl halides is 3. The van der Waals surface area contributed by atoms with Gasteiger partial charge < -0.3 is 25.4 Å². The Hall–Kier alpha value is -1.34. The highest BCUT2D eigenvalue weighted by molar-refractivity contribution is 14.0. The molecule has 0 bridgehead atoms. The molecule has 11 heteroatoms. The molecule has 1 saturated heterocycles. The Labute approximate surface area is 186 Å². The zero-order valence-corrected chi connectivity index (χ0v) is 18.8. The maximum atomic E-state index is 12.9. The zero-order chi connectivity index (χ0) is 20.2. The molecule has 29 heavy (non-hydrogen) atoms. The zero-order valence-electron chi connectivity index (χ0n) is 16.4. The van der Waals surface area contributed by atoms with Crippen molar-refractivity contribution in [2.24, 2.45) is 10.9 Å². The molecule has 0 radical (unpaired) electrons. The SMILES string of the molecule is CN=C(NCCCOCC1CCOC1)NCCNc1ncccc1C(F)(F)F.I. The van der Waals surface area contributed by atoms with Crippen LogP contribution in [0.3, 0.4) is 0 Å². The van der Waals surface area contributed by atoms with Crippen LogP contribution >= 0.6 is 24.0 Å². The summed E-state index contributed by atoms with van der Waals surface area (Å²) in [6.07, 6.45) is -1.22. The molecule has 0 aliphatic carbocycles. The first-order valence-electron chi connectivity index (χ1n) is 9.37. The molecular formula is C18H29F3IN5O2. The Morgan fingerprint density at radius 3 is 2.79 bits per heavy atom. The molecule has 7 nitrogen and oxygen atoms in total. The molecule has 1 unspecified atom stereocenters. The van der Waals surface area contributed by atoms with Crippen LogP contribution in [0.4, 0.5) is 19.0 Å². The summed E-state index contributed by atoms with van der Waals surface area (Å²) in [5.41, 5.74) is -0.776. The highest BCUT2D eigenvalue weighted by Gasteiger charge is 2.33. The molecule has 0 aromatic carbocycles. The van der Waals surface area contributed by atoms with E-state index in [4.69, 9.17) is 9.47 Å². The summed E-state index contributed by atoms with van der Waals surface area (Å²) in [6.45, 7) is 4.34. The van der Waals surface area contributed by atoms with Gasteiger partial charge in [0.1, 0.15) is 5.82 Å². The maximum absolute atomic E-state index is 12.9. The van der Waals surface area contributed by atoms with E-state index in [0.29, 0.717) is 31.6 Å². The summed E-state index contributed by atoms with van der Waals surface area (Å²) in [7, 11) is 1.64. The fourth-order valence-electron chi connectivity index (χ4n) is 2.70. The highest BCUT2D eigenvalue weighted by atomic mass is 127. The Morgan fingerprint density at radius 2 is 2.10 bits per heavy atom. The van der Waals surface area contributed by atoms with Crippen molar-refractivity contribution in [3.05, 3.63) is 23.9 Å². The molecule has 3 N–H and O–H groups in total. The summed E-state index contributed by atoms with van der Waals surface area (Å²) in [6, 6.07) is 2.27. The molecule has 166 valence electrons. The van der Waals surface area contributed by atoms with E-state index in [1.165, 1.54) is 12.3 Å². The lowest BCUT2D eigenvalue weighted by Crippen LogP contribution is -2.40. The van der Waals surface area contributed by atoms with Crippen LogP contribution in [0.25, 0.3) is 0 Å². The van der Waals surface area contributed by atoms with Gasteiger partial charge in [-0.1, -0.05) is 0 Å². The third kappa shape index (κ3) is 9.81. The summed E-state index contributed by atoms with van der Waals surface area (Å²) >= 11 is 0. The van der Waals surface area contributed by atoms with Gasteiger partial charge in [-0.2, -0.15) is 13.2 Å². The third-order valence-corrected chi connectivity index (χ3v) is 4.18. The molecule has 1 aliphatic heterocycles. The van der Waals surface area contributed by atoms with E-state index < -0.39 is 11.7 Å². The lowest BCUT2D eigenvalue weighted by atomic mass is 10.1. The van der Waals surface area contributed by atoms with Gasteiger partial charge in [0.15, 0.2) is 5.96 Å². The minimum absolute atomic E-state index is 0. The number of guanidine groups is 1. The number of nitrogens with zero attached hydrogens (tertiary/aromatic N) is 2. The van der Waals surface area contributed by atoms with Gasteiger partial charge in [0.05, 0.1) is 18.8 Å². The van der Waals surface area contributed by atoms with Gasteiger partial charge in [0.25, 0.3) is 0 Å². The van der Waals surface area contributed by atoms with E-state index in [2.05, 4.69) is 25.9 Å². The average Bonchev–Trinajstić information content (AvgIpc) is 3.19. The molecule has 0 saturated carbocycles. The number of aromatic nitrogens is 1. The van der Waals surface area contributed by atoms with Crippen molar-refractivity contribution in [2.75, 3.05) is 58.4 Å². The minimum Gasteiger partial charge on any atom is -0.381 e. The van der Waals surface area contributed by atoms with Crippen LogP contribution < -0.4 is 16.0 Å². The Morgan fingerprint density at radius 1 is 1.31 bits per heavy atom. The van der Waals surface area contributed by atoms with E-state index in [0.717, 1.165) is 38.7 Å². The smallest absolute Gasteiger partial charge is 0.381 e. The normalized spacial score (nSPS) is 17.0. The van der Waals surface area contributed by atoms with Gasteiger partial charge >= 0.3 is 6.18 Å². The van der Waals surface area contributed by atoms with Crippen molar-refractivity contribution >= 4 is 35.8 Å². The molecule has 1 fully saturated rings. The van der Waals surface area contributed by atoms with Gasteiger partial charge in [0.2, 0.25) is 0 Å². The average molecular weight is 531 g/mol. The summed E-state index contributed by atoms with van der Waals surface area (Å²) in [5.74, 6) is 0.916. The van der Waals surface area contributed by atoms with E-state index in [1.54, 1.807) is 7.05 Å². The second kappa shape index (κ2) is 13.8.